The molecule has 0 spiro atoms. The summed E-state index contributed by atoms with van der Waals surface area (Å²) in [5.41, 5.74) is 0.444. The summed E-state index contributed by atoms with van der Waals surface area (Å²) in [5.74, 6) is 1.03. The van der Waals surface area contributed by atoms with Gasteiger partial charge in [0.15, 0.2) is 5.76 Å². The van der Waals surface area contributed by atoms with Gasteiger partial charge >= 0.3 is 0 Å². The highest BCUT2D eigenvalue weighted by Gasteiger charge is 2.11. The average molecular weight is 241 g/mol. The van der Waals surface area contributed by atoms with Crippen molar-refractivity contribution in [2.24, 2.45) is 0 Å². The van der Waals surface area contributed by atoms with Crippen LogP contribution in [0.3, 0.4) is 0 Å². The van der Waals surface area contributed by atoms with Crippen molar-refractivity contribution in [1.82, 2.24) is 4.98 Å². The van der Waals surface area contributed by atoms with Crippen LogP contribution in [-0.4, -0.2) is 10.9 Å². The molecule has 0 aliphatic rings. The van der Waals surface area contributed by atoms with Gasteiger partial charge in [0.05, 0.1) is 5.56 Å². The number of hydrogen-bond acceptors (Lipinski definition) is 4. The lowest BCUT2D eigenvalue weighted by atomic mass is 10.3. The molecule has 0 radical (unpaired) electrons. The van der Waals surface area contributed by atoms with Gasteiger partial charge in [0.25, 0.3) is 5.91 Å². The Kier molecular flexibility index (Phi) is 3.39. The van der Waals surface area contributed by atoms with E-state index in [1.54, 1.807) is 24.3 Å². The van der Waals surface area contributed by atoms with Crippen LogP contribution in [0.25, 0.3) is 0 Å². The number of nitriles is 1. The first-order valence-electron chi connectivity index (χ1n) is 5.49. The van der Waals surface area contributed by atoms with E-state index in [4.69, 9.17) is 9.68 Å². The molecule has 0 saturated carbocycles. The van der Waals surface area contributed by atoms with Crippen LogP contribution in [0.15, 0.2) is 34.9 Å². The van der Waals surface area contributed by atoms with Gasteiger partial charge in [-0.3, -0.25) is 4.79 Å². The molecule has 0 saturated heterocycles. The van der Waals surface area contributed by atoms with E-state index in [2.05, 4.69) is 10.3 Å². The summed E-state index contributed by atoms with van der Waals surface area (Å²) >= 11 is 0. The van der Waals surface area contributed by atoms with Crippen LogP contribution in [0.2, 0.25) is 0 Å². The number of rotatable bonds is 3. The van der Waals surface area contributed by atoms with Crippen molar-refractivity contribution in [3.63, 3.8) is 0 Å². The Balaban J connectivity index is 2.08. The molecule has 0 aliphatic heterocycles. The summed E-state index contributed by atoms with van der Waals surface area (Å²) < 4.78 is 5.32. The molecular formula is C13H11N3O2. The van der Waals surface area contributed by atoms with E-state index < -0.39 is 0 Å². The minimum atomic E-state index is -0.355. The molecule has 0 unspecified atom stereocenters. The first-order chi connectivity index (χ1) is 8.72. The minimum Gasteiger partial charge on any atom is -0.456 e. The molecule has 5 heteroatoms. The molecule has 18 heavy (non-hydrogen) atoms. The first kappa shape index (κ1) is 11.9. The summed E-state index contributed by atoms with van der Waals surface area (Å²) in [6.07, 6.45) is 2.14. The number of carbonyl (C=O) groups excluding carboxylic acids is 1. The fraction of sp³-hybridized carbons (Fsp3) is 0.154. The molecule has 1 amide bonds. The average Bonchev–Trinajstić information content (AvgIpc) is 2.88. The second-order valence-electron chi connectivity index (χ2n) is 3.62. The van der Waals surface area contributed by atoms with Gasteiger partial charge in [-0.05, 0) is 24.3 Å². The molecule has 5 nitrogen and oxygen atoms in total. The normalized spacial score (nSPS) is 9.78. The zero-order chi connectivity index (χ0) is 13.0. The van der Waals surface area contributed by atoms with Crippen molar-refractivity contribution in [2.75, 3.05) is 5.32 Å². The molecule has 90 valence electrons. The highest BCUT2D eigenvalue weighted by Crippen LogP contribution is 2.11. The van der Waals surface area contributed by atoms with E-state index >= 15 is 0 Å². The lowest BCUT2D eigenvalue weighted by Crippen LogP contribution is -2.11. The summed E-state index contributed by atoms with van der Waals surface area (Å²) in [6, 6.07) is 8.50. The Morgan fingerprint density at radius 1 is 1.44 bits per heavy atom. The van der Waals surface area contributed by atoms with Crippen molar-refractivity contribution < 1.29 is 9.21 Å². The maximum Gasteiger partial charge on any atom is 0.292 e. The third kappa shape index (κ3) is 2.55. The number of aromatic nitrogens is 1. The maximum absolute atomic E-state index is 11.8. The van der Waals surface area contributed by atoms with Gasteiger partial charge in [0.1, 0.15) is 17.6 Å². The second-order valence-corrected chi connectivity index (χ2v) is 3.62. The fourth-order valence-corrected chi connectivity index (χ4v) is 1.40. The van der Waals surface area contributed by atoms with Crippen molar-refractivity contribution in [3.05, 3.63) is 47.5 Å². The van der Waals surface area contributed by atoms with Gasteiger partial charge in [0.2, 0.25) is 0 Å². The summed E-state index contributed by atoms with van der Waals surface area (Å²) in [6.45, 7) is 1.95. The van der Waals surface area contributed by atoms with Crippen LogP contribution in [-0.2, 0) is 6.42 Å². The number of carbonyl (C=O) groups is 1. The zero-order valence-corrected chi connectivity index (χ0v) is 9.80. The number of hydrogen-bond donors (Lipinski definition) is 1. The lowest BCUT2D eigenvalue weighted by molar-refractivity contribution is 0.0994. The number of furan rings is 1. The molecule has 2 aromatic heterocycles. The standard InChI is InChI=1S/C13H11N3O2/c1-2-10-4-5-11(18-10)13(17)16-12-6-3-9(7-14)8-15-12/h3-6,8H,2H2,1H3,(H,15,16,17). The Morgan fingerprint density at radius 2 is 2.28 bits per heavy atom. The summed E-state index contributed by atoms with van der Waals surface area (Å²) in [4.78, 5) is 15.7. The molecule has 2 rings (SSSR count). The molecule has 0 aliphatic carbocycles. The quantitative estimate of drug-likeness (QED) is 0.894. The molecule has 0 fully saturated rings. The number of pyridine rings is 1. The SMILES string of the molecule is CCc1ccc(C(=O)Nc2ccc(C#N)cn2)o1. The molecule has 0 aromatic carbocycles. The van der Waals surface area contributed by atoms with E-state index in [0.717, 1.165) is 12.2 Å². The Morgan fingerprint density at radius 3 is 2.83 bits per heavy atom. The Labute approximate surface area is 104 Å². The Bertz CT molecular complexity index is 593. The first-order valence-corrected chi connectivity index (χ1v) is 5.49. The van der Waals surface area contributed by atoms with Crippen LogP contribution < -0.4 is 5.32 Å². The van der Waals surface area contributed by atoms with Gasteiger partial charge in [-0.25, -0.2) is 4.98 Å². The third-order valence-corrected chi connectivity index (χ3v) is 2.37. The van der Waals surface area contributed by atoms with Crippen molar-refractivity contribution in [1.29, 1.82) is 5.26 Å². The van der Waals surface area contributed by atoms with Gasteiger partial charge in [0, 0.05) is 12.6 Å². The van der Waals surface area contributed by atoms with Gasteiger partial charge in [-0.2, -0.15) is 5.26 Å². The van der Waals surface area contributed by atoms with Crippen LogP contribution in [0, 0.1) is 11.3 Å². The Hall–Kier alpha value is -2.61. The van der Waals surface area contributed by atoms with Crippen LogP contribution in [0.5, 0.6) is 0 Å². The maximum atomic E-state index is 11.8. The van der Waals surface area contributed by atoms with Crippen LogP contribution in [0.4, 0.5) is 5.82 Å². The number of nitrogens with zero attached hydrogens (tertiary/aromatic N) is 2. The largest absolute Gasteiger partial charge is 0.456 e. The van der Waals surface area contributed by atoms with Crippen LogP contribution in [0.1, 0.15) is 28.8 Å². The highest BCUT2D eigenvalue weighted by atomic mass is 16.3. The van der Waals surface area contributed by atoms with Gasteiger partial charge in [-0.1, -0.05) is 6.92 Å². The molecule has 0 bridgehead atoms. The summed E-state index contributed by atoms with van der Waals surface area (Å²) in [5, 5.41) is 11.2. The van der Waals surface area contributed by atoms with E-state index in [0.29, 0.717) is 11.4 Å². The number of aryl methyl sites for hydroxylation is 1. The van der Waals surface area contributed by atoms with Gasteiger partial charge in [-0.15, -0.1) is 0 Å². The smallest absolute Gasteiger partial charge is 0.292 e. The van der Waals surface area contributed by atoms with Crippen LogP contribution >= 0.6 is 0 Å². The predicted molar refractivity (Wildman–Crippen MR) is 65.0 cm³/mol. The van der Waals surface area contributed by atoms with E-state index in [-0.39, 0.29) is 11.7 Å². The molecule has 2 aromatic rings. The molecule has 0 atom stereocenters. The fourth-order valence-electron chi connectivity index (χ4n) is 1.40. The zero-order valence-electron chi connectivity index (χ0n) is 9.80. The number of amides is 1. The van der Waals surface area contributed by atoms with Crippen molar-refractivity contribution in [3.8, 4) is 6.07 Å². The van der Waals surface area contributed by atoms with Crippen molar-refractivity contribution in [2.45, 2.75) is 13.3 Å². The van der Waals surface area contributed by atoms with E-state index in [1.807, 2.05) is 13.0 Å². The van der Waals surface area contributed by atoms with Crippen molar-refractivity contribution >= 4 is 11.7 Å². The second kappa shape index (κ2) is 5.15. The van der Waals surface area contributed by atoms with Gasteiger partial charge < -0.3 is 9.73 Å². The molecule has 1 N–H and O–H groups in total. The third-order valence-electron chi connectivity index (χ3n) is 2.37. The minimum absolute atomic E-state index is 0.248. The van der Waals surface area contributed by atoms with E-state index in [9.17, 15) is 4.79 Å². The van der Waals surface area contributed by atoms with E-state index in [1.165, 1.54) is 6.20 Å². The molecular weight excluding hydrogens is 230 g/mol. The topological polar surface area (TPSA) is 78.9 Å². The lowest BCUT2D eigenvalue weighted by Gasteiger charge is -2.01. The predicted octanol–water partition coefficient (Wildman–Crippen LogP) is 2.36. The number of anilines is 1. The number of nitrogens with one attached hydrogen (secondary N) is 1. The highest BCUT2D eigenvalue weighted by molar-refractivity contribution is 6.01. The monoisotopic (exact) mass is 241 g/mol. The summed E-state index contributed by atoms with van der Waals surface area (Å²) in [7, 11) is 0. The molecule has 2 heterocycles.